The van der Waals surface area contributed by atoms with E-state index in [0.717, 1.165) is 24.7 Å². The Hall–Kier alpha value is -1.43. The zero-order valence-electron chi connectivity index (χ0n) is 8.20. The van der Waals surface area contributed by atoms with E-state index < -0.39 is 0 Å². The predicted octanol–water partition coefficient (Wildman–Crippen LogP) is 2.34. The minimum Gasteiger partial charge on any atom is -0.444 e. The maximum Gasteiger partial charge on any atom is 0.195 e. The van der Waals surface area contributed by atoms with Gasteiger partial charge in [0, 0.05) is 19.2 Å². The Morgan fingerprint density at radius 3 is 2.79 bits per heavy atom. The van der Waals surface area contributed by atoms with E-state index in [1.54, 1.807) is 0 Å². The van der Waals surface area contributed by atoms with E-state index in [2.05, 4.69) is 11.0 Å². The van der Waals surface area contributed by atoms with Gasteiger partial charge in [0.1, 0.15) is 5.76 Å². The number of hydrogen-bond acceptors (Lipinski definition) is 3. The molecule has 14 heavy (non-hydrogen) atoms. The Kier molecular flexibility index (Phi) is 2.73. The molecular weight excluding hydrogens is 176 g/mol. The van der Waals surface area contributed by atoms with Crippen LogP contribution in [0, 0.1) is 11.3 Å². The molecule has 74 valence electrons. The molecule has 2 heterocycles. The Bertz CT molecular complexity index is 331. The average molecular weight is 190 g/mol. The third-order valence-electron chi connectivity index (χ3n) is 2.57. The second-order valence-electron chi connectivity index (χ2n) is 3.62. The summed E-state index contributed by atoms with van der Waals surface area (Å²) in [7, 11) is 0. The van der Waals surface area contributed by atoms with Gasteiger partial charge in [0.05, 0.1) is 12.5 Å². The van der Waals surface area contributed by atoms with Crippen LogP contribution in [0.2, 0.25) is 0 Å². The lowest BCUT2D eigenvalue weighted by atomic mass is 10.1. The summed E-state index contributed by atoms with van der Waals surface area (Å²) < 4.78 is 5.57. The molecule has 0 saturated carbocycles. The molecule has 0 spiro atoms. The predicted molar refractivity (Wildman–Crippen MR) is 54.1 cm³/mol. The molecule has 1 saturated heterocycles. The quantitative estimate of drug-likeness (QED) is 0.718. The summed E-state index contributed by atoms with van der Waals surface area (Å²) in [5.41, 5.74) is 0. The van der Waals surface area contributed by atoms with Crippen LogP contribution in [0.4, 0.5) is 5.88 Å². The van der Waals surface area contributed by atoms with E-state index in [4.69, 9.17) is 9.68 Å². The van der Waals surface area contributed by atoms with Gasteiger partial charge in [0.2, 0.25) is 0 Å². The molecule has 2 rings (SSSR count). The first-order chi connectivity index (χ1) is 6.90. The van der Waals surface area contributed by atoms with Gasteiger partial charge in [-0.05, 0) is 25.3 Å². The van der Waals surface area contributed by atoms with E-state index in [1.807, 2.05) is 12.1 Å². The van der Waals surface area contributed by atoms with Crippen molar-refractivity contribution in [3.05, 3.63) is 17.9 Å². The summed E-state index contributed by atoms with van der Waals surface area (Å²) in [6.45, 7) is 2.17. The Balaban J connectivity index is 2.04. The zero-order valence-corrected chi connectivity index (χ0v) is 8.20. The molecule has 0 bridgehead atoms. The topological polar surface area (TPSA) is 40.2 Å². The van der Waals surface area contributed by atoms with E-state index in [9.17, 15) is 0 Å². The molecule has 1 aromatic rings. The number of nitriles is 1. The zero-order chi connectivity index (χ0) is 9.80. The van der Waals surface area contributed by atoms with Gasteiger partial charge in [-0.25, -0.2) is 0 Å². The van der Waals surface area contributed by atoms with Crippen molar-refractivity contribution >= 4 is 5.88 Å². The van der Waals surface area contributed by atoms with Gasteiger partial charge < -0.3 is 9.32 Å². The second kappa shape index (κ2) is 4.19. The van der Waals surface area contributed by atoms with Crippen LogP contribution < -0.4 is 4.90 Å². The highest BCUT2D eigenvalue weighted by Crippen LogP contribution is 2.22. The standard InChI is InChI=1S/C11H14N2O/c12-7-6-10-4-5-11(14-10)13-8-2-1-3-9-13/h4-5H,1-3,6,8-9H2. The van der Waals surface area contributed by atoms with Gasteiger partial charge in [-0.15, -0.1) is 0 Å². The van der Waals surface area contributed by atoms with Crippen molar-refractivity contribution in [2.75, 3.05) is 18.0 Å². The minimum absolute atomic E-state index is 0.369. The van der Waals surface area contributed by atoms with Gasteiger partial charge in [-0.3, -0.25) is 0 Å². The van der Waals surface area contributed by atoms with Crippen molar-refractivity contribution < 1.29 is 4.42 Å². The van der Waals surface area contributed by atoms with Crippen LogP contribution in [0.25, 0.3) is 0 Å². The molecule has 1 aliphatic rings. The summed E-state index contributed by atoms with van der Waals surface area (Å²) >= 11 is 0. The van der Waals surface area contributed by atoms with E-state index in [-0.39, 0.29) is 0 Å². The minimum atomic E-state index is 0.369. The van der Waals surface area contributed by atoms with Gasteiger partial charge in [0.25, 0.3) is 0 Å². The molecule has 0 atom stereocenters. The highest BCUT2D eigenvalue weighted by molar-refractivity contribution is 5.37. The Morgan fingerprint density at radius 2 is 2.07 bits per heavy atom. The lowest BCUT2D eigenvalue weighted by molar-refractivity contribution is 0.480. The van der Waals surface area contributed by atoms with Crippen molar-refractivity contribution in [1.29, 1.82) is 5.26 Å². The van der Waals surface area contributed by atoms with Gasteiger partial charge in [-0.2, -0.15) is 5.26 Å². The highest BCUT2D eigenvalue weighted by atomic mass is 16.4. The molecule has 0 N–H and O–H groups in total. The number of hydrogen-bond donors (Lipinski definition) is 0. The molecule has 0 amide bonds. The average Bonchev–Trinajstić information content (AvgIpc) is 2.68. The maximum atomic E-state index is 8.52. The first-order valence-electron chi connectivity index (χ1n) is 5.11. The van der Waals surface area contributed by atoms with Crippen LogP contribution >= 0.6 is 0 Å². The Morgan fingerprint density at radius 1 is 1.29 bits per heavy atom. The molecule has 3 heteroatoms. The third kappa shape index (κ3) is 1.90. The SMILES string of the molecule is N#CCc1ccc(N2CCCCC2)o1. The fourth-order valence-electron chi connectivity index (χ4n) is 1.82. The molecule has 1 aromatic heterocycles. The number of rotatable bonds is 2. The van der Waals surface area contributed by atoms with E-state index in [0.29, 0.717) is 6.42 Å². The van der Waals surface area contributed by atoms with Crippen LogP contribution in [0.15, 0.2) is 16.5 Å². The van der Waals surface area contributed by atoms with Gasteiger partial charge in [-0.1, -0.05) is 0 Å². The summed E-state index contributed by atoms with van der Waals surface area (Å²) in [4.78, 5) is 2.25. The highest BCUT2D eigenvalue weighted by Gasteiger charge is 2.13. The molecule has 0 unspecified atom stereocenters. The number of nitrogens with zero attached hydrogens (tertiary/aromatic N) is 2. The molecule has 1 fully saturated rings. The summed E-state index contributed by atoms with van der Waals surface area (Å²) in [6, 6.07) is 5.95. The van der Waals surface area contributed by atoms with Crippen LogP contribution in [0.5, 0.6) is 0 Å². The van der Waals surface area contributed by atoms with Crippen molar-refractivity contribution in [1.82, 2.24) is 0 Å². The first kappa shape index (κ1) is 9.14. The smallest absolute Gasteiger partial charge is 0.195 e. The fraction of sp³-hybridized carbons (Fsp3) is 0.545. The van der Waals surface area contributed by atoms with Gasteiger partial charge >= 0.3 is 0 Å². The van der Waals surface area contributed by atoms with Crippen molar-refractivity contribution in [2.45, 2.75) is 25.7 Å². The first-order valence-corrected chi connectivity index (χ1v) is 5.11. The summed E-state index contributed by atoms with van der Waals surface area (Å²) in [6.07, 6.45) is 4.18. The lowest BCUT2D eigenvalue weighted by Gasteiger charge is -2.25. The van der Waals surface area contributed by atoms with Gasteiger partial charge in [0.15, 0.2) is 5.88 Å². The fourth-order valence-corrected chi connectivity index (χ4v) is 1.82. The van der Waals surface area contributed by atoms with E-state index >= 15 is 0 Å². The third-order valence-corrected chi connectivity index (χ3v) is 2.57. The van der Waals surface area contributed by atoms with Crippen LogP contribution in [0.1, 0.15) is 25.0 Å². The maximum absolute atomic E-state index is 8.52. The molecule has 3 nitrogen and oxygen atoms in total. The van der Waals surface area contributed by atoms with E-state index in [1.165, 1.54) is 19.3 Å². The summed E-state index contributed by atoms with van der Waals surface area (Å²) in [5.74, 6) is 1.70. The number of furan rings is 1. The monoisotopic (exact) mass is 190 g/mol. The normalized spacial score (nSPS) is 16.6. The molecule has 0 aliphatic carbocycles. The molecular formula is C11H14N2O. The van der Waals surface area contributed by atoms with Crippen molar-refractivity contribution in [3.63, 3.8) is 0 Å². The number of anilines is 1. The Labute approximate surface area is 83.9 Å². The van der Waals surface area contributed by atoms with Crippen molar-refractivity contribution in [3.8, 4) is 6.07 Å². The van der Waals surface area contributed by atoms with Crippen LogP contribution in [-0.4, -0.2) is 13.1 Å². The summed E-state index contributed by atoms with van der Waals surface area (Å²) in [5, 5.41) is 8.52. The largest absolute Gasteiger partial charge is 0.444 e. The molecule has 0 aromatic carbocycles. The molecule has 0 radical (unpaired) electrons. The molecule has 1 aliphatic heterocycles. The van der Waals surface area contributed by atoms with Crippen LogP contribution in [0.3, 0.4) is 0 Å². The van der Waals surface area contributed by atoms with Crippen molar-refractivity contribution in [2.24, 2.45) is 0 Å². The lowest BCUT2D eigenvalue weighted by Crippen LogP contribution is -2.28. The van der Waals surface area contributed by atoms with Crippen LogP contribution in [-0.2, 0) is 6.42 Å². The second-order valence-corrected chi connectivity index (χ2v) is 3.62. The number of piperidine rings is 1.